The van der Waals surface area contributed by atoms with Gasteiger partial charge >= 0.3 is 0 Å². The van der Waals surface area contributed by atoms with Gasteiger partial charge in [-0.2, -0.15) is 0 Å². The number of allylic oxidation sites excluding steroid dienone is 1. The van der Waals surface area contributed by atoms with Crippen LogP contribution in [0.1, 0.15) is 80.3 Å². The molecule has 1 spiro atoms. The van der Waals surface area contributed by atoms with Gasteiger partial charge in [-0.05, 0) is 124 Å². The first-order chi connectivity index (χ1) is 27.2. The molecule has 14 heteroatoms. The maximum Gasteiger partial charge on any atom is 0.264 e. The van der Waals surface area contributed by atoms with E-state index in [1.807, 2.05) is 18.2 Å². The quantitative estimate of drug-likeness (QED) is 0.401. The standard InChI is InChI=1S/C43H57ClN4O7S2/c1-3-55-43(16-17-46-18-19-47-20-21-56(50,51)27-35(47)26-46)15-5-7-33-24-41(33,2)57(52,53)45-40(49)31-9-13-39-38(23-31)48(25-32-8-11-37(32)43)28-42(29-54-39)14-4-6-30-22-34(44)10-12-36(30)42/h5,9-10,12-13,15,22-23,32-33,35,37H,3-4,6-8,11,14,16-21,24-29H2,1-2H3,(H,45,49)/b15-5+/t32-,33+,35-,37+,41+,42-,43-/m0/s1. The van der Waals surface area contributed by atoms with Crippen molar-refractivity contribution in [1.29, 1.82) is 0 Å². The summed E-state index contributed by atoms with van der Waals surface area (Å²) in [5.41, 5.74) is 2.74. The SMILES string of the molecule is CCO[C@]1(CCN2CCN3CCS(=O)(=O)C[C@@H]3C2)/C=C/C[C@@H]2C[C@@]2(C)S(=O)(=O)NC(=O)c2ccc3c(c2)N(C[C@@H]2CC[C@H]21)C[C@@]1(CCCc2cc(Cl)ccc21)CO3. The molecule has 4 fully saturated rings. The van der Waals surface area contributed by atoms with Crippen molar-refractivity contribution in [3.8, 4) is 5.75 Å². The lowest BCUT2D eigenvalue weighted by Crippen LogP contribution is -2.60. The number of sulfone groups is 1. The summed E-state index contributed by atoms with van der Waals surface area (Å²) < 4.78 is 67.9. The van der Waals surface area contributed by atoms with Gasteiger partial charge < -0.3 is 19.3 Å². The van der Waals surface area contributed by atoms with Gasteiger partial charge in [-0.15, -0.1) is 0 Å². The Bertz CT molecular complexity index is 2170. The van der Waals surface area contributed by atoms with Crippen LogP contribution in [-0.2, 0) is 36.4 Å². The van der Waals surface area contributed by atoms with Crippen LogP contribution in [0.5, 0.6) is 5.75 Å². The summed E-state index contributed by atoms with van der Waals surface area (Å²) in [4.78, 5) is 20.9. The maximum atomic E-state index is 13.8. The molecule has 1 N–H and O–H groups in total. The smallest absolute Gasteiger partial charge is 0.264 e. The lowest BCUT2D eigenvalue weighted by molar-refractivity contribution is -0.103. The number of piperazine rings is 1. The van der Waals surface area contributed by atoms with E-state index in [2.05, 4.69) is 50.6 Å². The zero-order valence-corrected chi connectivity index (χ0v) is 35.6. The van der Waals surface area contributed by atoms with Crippen molar-refractivity contribution in [2.75, 3.05) is 75.4 Å². The zero-order chi connectivity index (χ0) is 39.8. The minimum atomic E-state index is -3.98. The van der Waals surface area contributed by atoms with Gasteiger partial charge in [-0.3, -0.25) is 9.69 Å². The molecule has 2 saturated carbocycles. The topological polar surface area (TPSA) is 126 Å². The van der Waals surface area contributed by atoms with Crippen molar-refractivity contribution in [2.45, 2.75) is 87.0 Å². The Balaban J connectivity index is 1.08. The number of nitrogens with zero attached hydrogens (tertiary/aromatic N) is 3. The molecule has 310 valence electrons. The number of aryl methyl sites for hydroxylation is 1. The molecule has 0 aromatic heterocycles. The fourth-order valence-electron chi connectivity index (χ4n) is 11.3. The number of benzene rings is 2. The summed E-state index contributed by atoms with van der Waals surface area (Å²) in [6, 6.07) is 11.6. The zero-order valence-electron chi connectivity index (χ0n) is 33.3. The highest BCUT2D eigenvalue weighted by Gasteiger charge is 2.60. The van der Waals surface area contributed by atoms with Crippen molar-refractivity contribution in [3.63, 3.8) is 0 Å². The van der Waals surface area contributed by atoms with E-state index in [0.717, 1.165) is 82.0 Å². The van der Waals surface area contributed by atoms with E-state index < -0.39 is 36.1 Å². The average molecular weight is 842 g/mol. The predicted octanol–water partition coefficient (Wildman–Crippen LogP) is 5.22. The third-order valence-corrected chi connectivity index (χ3v) is 19.0. The van der Waals surface area contributed by atoms with Crippen LogP contribution in [0.25, 0.3) is 0 Å². The number of sulfonamides is 1. The van der Waals surface area contributed by atoms with Crippen LogP contribution in [0.15, 0.2) is 48.6 Å². The number of ether oxygens (including phenoxy) is 2. The Labute approximate surface area is 343 Å². The second kappa shape index (κ2) is 14.8. The van der Waals surface area contributed by atoms with E-state index in [1.165, 1.54) is 11.1 Å². The highest BCUT2D eigenvalue weighted by molar-refractivity contribution is 7.92. The Morgan fingerprint density at radius 1 is 1.05 bits per heavy atom. The Kier molecular flexibility index (Phi) is 10.3. The molecule has 4 aliphatic heterocycles. The van der Waals surface area contributed by atoms with E-state index in [0.29, 0.717) is 50.5 Å². The largest absolute Gasteiger partial charge is 0.490 e. The third kappa shape index (κ3) is 7.34. The lowest BCUT2D eigenvalue weighted by atomic mass is 9.62. The molecule has 7 aliphatic rings. The number of anilines is 1. The fraction of sp³-hybridized carbons (Fsp3) is 0.651. The van der Waals surface area contributed by atoms with E-state index >= 15 is 0 Å². The molecule has 3 aliphatic carbocycles. The van der Waals surface area contributed by atoms with E-state index in [-0.39, 0.29) is 40.7 Å². The van der Waals surface area contributed by atoms with E-state index in [4.69, 9.17) is 21.1 Å². The molecule has 9 rings (SSSR count). The molecule has 2 aromatic carbocycles. The number of carbonyl (C=O) groups is 1. The van der Waals surface area contributed by atoms with Crippen LogP contribution >= 0.6 is 11.6 Å². The molecular weight excluding hydrogens is 784 g/mol. The number of rotatable bonds is 5. The van der Waals surface area contributed by atoms with Gasteiger partial charge in [0.25, 0.3) is 5.91 Å². The first-order valence-electron chi connectivity index (χ1n) is 21.1. The highest BCUT2D eigenvalue weighted by atomic mass is 35.5. The van der Waals surface area contributed by atoms with Crippen molar-refractivity contribution in [3.05, 3.63) is 70.3 Å². The number of fused-ring (bicyclic) bond motifs is 6. The molecule has 7 atom stereocenters. The first kappa shape index (κ1) is 39.8. The normalized spacial score (nSPS) is 36.5. The molecule has 11 nitrogen and oxygen atoms in total. The number of hydrogen-bond acceptors (Lipinski definition) is 10. The molecule has 57 heavy (non-hydrogen) atoms. The third-order valence-electron chi connectivity index (χ3n) is 14.9. The van der Waals surface area contributed by atoms with Gasteiger partial charge in [0.05, 0.1) is 34.1 Å². The number of amides is 1. The van der Waals surface area contributed by atoms with Crippen LogP contribution in [0.2, 0.25) is 5.02 Å². The summed E-state index contributed by atoms with van der Waals surface area (Å²) in [7, 11) is -7.01. The van der Waals surface area contributed by atoms with Gasteiger partial charge in [-0.25, -0.2) is 21.6 Å². The second-order valence-electron chi connectivity index (χ2n) is 18.3. The van der Waals surface area contributed by atoms with Crippen molar-refractivity contribution < 1.29 is 31.1 Å². The maximum absolute atomic E-state index is 13.8. The molecule has 2 aromatic rings. The van der Waals surface area contributed by atoms with Gasteiger partial charge in [0.1, 0.15) is 5.75 Å². The fourth-order valence-corrected chi connectivity index (χ4v) is 14.6. The van der Waals surface area contributed by atoms with Crippen molar-refractivity contribution in [2.24, 2.45) is 17.8 Å². The van der Waals surface area contributed by atoms with Gasteiger partial charge in [0.2, 0.25) is 10.0 Å². The van der Waals surface area contributed by atoms with Crippen molar-refractivity contribution in [1.82, 2.24) is 14.5 Å². The molecule has 4 heterocycles. The number of halogens is 1. The lowest BCUT2D eigenvalue weighted by Gasteiger charge is -2.52. The molecule has 2 saturated heterocycles. The number of carbonyl (C=O) groups excluding carboxylic acids is 1. The first-order valence-corrected chi connectivity index (χ1v) is 24.8. The van der Waals surface area contributed by atoms with E-state index in [9.17, 15) is 21.6 Å². The van der Waals surface area contributed by atoms with Crippen LogP contribution in [0.4, 0.5) is 5.69 Å². The summed E-state index contributed by atoms with van der Waals surface area (Å²) in [5.74, 6) is 0.913. The van der Waals surface area contributed by atoms with Crippen molar-refractivity contribution >= 4 is 43.1 Å². The van der Waals surface area contributed by atoms with Gasteiger partial charge in [-0.1, -0.05) is 29.8 Å². The second-order valence-corrected chi connectivity index (χ2v) is 23.1. The molecule has 1 amide bonds. The summed E-state index contributed by atoms with van der Waals surface area (Å²) in [6.45, 7) is 10.1. The molecule has 0 radical (unpaired) electrons. The van der Waals surface area contributed by atoms with Crippen LogP contribution in [0.3, 0.4) is 0 Å². The molecule has 2 bridgehead atoms. The van der Waals surface area contributed by atoms with Gasteiger partial charge in [0.15, 0.2) is 9.84 Å². The van der Waals surface area contributed by atoms with E-state index in [1.54, 1.807) is 13.0 Å². The molecular formula is C43H57ClN4O7S2. The Morgan fingerprint density at radius 3 is 2.72 bits per heavy atom. The summed E-state index contributed by atoms with van der Waals surface area (Å²) in [5, 5.41) is 0.730. The van der Waals surface area contributed by atoms with Crippen LogP contribution in [0, 0.1) is 17.8 Å². The Morgan fingerprint density at radius 2 is 1.91 bits per heavy atom. The summed E-state index contributed by atoms with van der Waals surface area (Å²) in [6.07, 6.45) is 11.2. The van der Waals surface area contributed by atoms with Crippen LogP contribution < -0.4 is 14.4 Å². The number of hydrogen-bond donors (Lipinski definition) is 1. The minimum Gasteiger partial charge on any atom is -0.490 e. The Hall–Kier alpha value is -2.68. The minimum absolute atomic E-state index is 0.0167. The monoisotopic (exact) mass is 840 g/mol. The van der Waals surface area contributed by atoms with Gasteiger partial charge in [0, 0.05) is 74.5 Å². The molecule has 0 unspecified atom stereocenters. The predicted molar refractivity (Wildman–Crippen MR) is 223 cm³/mol. The summed E-state index contributed by atoms with van der Waals surface area (Å²) >= 11 is 6.52. The highest BCUT2D eigenvalue weighted by Crippen LogP contribution is 2.53. The van der Waals surface area contributed by atoms with Crippen LogP contribution in [-0.4, -0.2) is 119 Å². The number of nitrogens with one attached hydrogen (secondary N) is 1. The average Bonchev–Trinajstić information content (AvgIpc) is 3.87.